The Hall–Kier alpha value is -3.62. The minimum absolute atomic E-state index is 0.0433. The highest BCUT2D eigenvalue weighted by molar-refractivity contribution is 6.21. The highest BCUT2D eigenvalue weighted by Crippen LogP contribution is 2.22. The fourth-order valence-corrected chi connectivity index (χ4v) is 3.72. The third kappa shape index (κ3) is 3.78. The van der Waals surface area contributed by atoms with E-state index in [9.17, 15) is 19.2 Å². The molecule has 1 fully saturated rings. The van der Waals surface area contributed by atoms with Crippen LogP contribution >= 0.6 is 0 Å². The first kappa shape index (κ1) is 19.7. The maximum atomic E-state index is 12.5. The maximum Gasteiger partial charge on any atom is 0.274 e. The lowest BCUT2D eigenvalue weighted by molar-refractivity contribution is -0.132. The van der Waals surface area contributed by atoms with Crippen molar-refractivity contribution in [3.05, 3.63) is 59.7 Å². The van der Waals surface area contributed by atoms with Crippen LogP contribution in [0, 0.1) is 0 Å². The number of benzene rings is 1. The molecule has 4 rings (SSSR count). The molecular weight excluding hydrogens is 386 g/mol. The van der Waals surface area contributed by atoms with Gasteiger partial charge in [0.05, 0.1) is 17.3 Å². The summed E-state index contributed by atoms with van der Waals surface area (Å²) in [7, 11) is 0. The van der Waals surface area contributed by atoms with E-state index in [1.807, 2.05) is 0 Å². The number of nitrogens with zero attached hydrogens (tertiary/aromatic N) is 5. The average molecular weight is 407 g/mol. The number of hydrogen-bond donors (Lipinski definition) is 0. The van der Waals surface area contributed by atoms with Gasteiger partial charge in [-0.2, -0.15) is 0 Å². The quantitative estimate of drug-likeness (QED) is 0.681. The zero-order valence-corrected chi connectivity index (χ0v) is 16.4. The van der Waals surface area contributed by atoms with Crippen LogP contribution in [0.5, 0.6) is 0 Å². The van der Waals surface area contributed by atoms with Crippen LogP contribution in [0.4, 0.5) is 0 Å². The van der Waals surface area contributed by atoms with Crippen molar-refractivity contribution in [1.29, 1.82) is 0 Å². The number of amides is 4. The van der Waals surface area contributed by atoms with E-state index in [1.165, 1.54) is 23.5 Å². The molecule has 0 saturated carbocycles. The first-order chi connectivity index (χ1) is 14.6. The first-order valence-corrected chi connectivity index (χ1v) is 9.84. The summed E-state index contributed by atoms with van der Waals surface area (Å²) in [6.45, 7) is 1.96. The Morgan fingerprint density at radius 2 is 1.53 bits per heavy atom. The van der Waals surface area contributed by atoms with Crippen LogP contribution in [0.1, 0.15) is 44.0 Å². The molecule has 0 N–H and O–H groups in total. The first-order valence-electron chi connectivity index (χ1n) is 9.84. The number of rotatable bonds is 5. The maximum absolute atomic E-state index is 12.5. The summed E-state index contributed by atoms with van der Waals surface area (Å²) in [6, 6.07) is 6.74. The van der Waals surface area contributed by atoms with Crippen LogP contribution in [0.2, 0.25) is 0 Å². The molecule has 2 aliphatic heterocycles. The second kappa shape index (κ2) is 8.40. The second-order valence-electron chi connectivity index (χ2n) is 7.17. The highest BCUT2D eigenvalue weighted by atomic mass is 16.2. The standard InChI is InChI=1S/C21H21N5O4/c27-18(6-3-9-26-19(28)15-4-1-2-5-16(15)20(26)29)24-10-12-25(13-11-24)21(30)17-14-22-7-8-23-17/h1-2,4-5,7-8,14H,3,6,9-13H2. The molecular formula is C21H21N5O4. The molecule has 0 radical (unpaired) electrons. The SMILES string of the molecule is O=C(CCCN1C(=O)c2ccccc2C1=O)N1CCN(C(=O)c2cnccn2)CC1. The number of carbonyl (C=O) groups excluding carboxylic acids is 4. The van der Waals surface area contributed by atoms with E-state index in [0.717, 1.165) is 0 Å². The van der Waals surface area contributed by atoms with Crippen LogP contribution in [0.3, 0.4) is 0 Å². The number of carbonyl (C=O) groups is 4. The Morgan fingerprint density at radius 3 is 2.13 bits per heavy atom. The van der Waals surface area contributed by atoms with Gasteiger partial charge in [0.25, 0.3) is 17.7 Å². The molecule has 0 aliphatic carbocycles. The molecule has 0 unspecified atom stereocenters. The van der Waals surface area contributed by atoms with Gasteiger partial charge in [0.2, 0.25) is 5.91 Å². The van der Waals surface area contributed by atoms with E-state index < -0.39 is 0 Å². The molecule has 1 saturated heterocycles. The van der Waals surface area contributed by atoms with Crippen molar-refractivity contribution in [3.8, 4) is 0 Å². The topological polar surface area (TPSA) is 104 Å². The van der Waals surface area contributed by atoms with E-state index in [1.54, 1.807) is 34.1 Å². The van der Waals surface area contributed by atoms with Crippen molar-refractivity contribution in [2.45, 2.75) is 12.8 Å². The zero-order valence-electron chi connectivity index (χ0n) is 16.4. The Labute approximate surface area is 173 Å². The van der Waals surface area contributed by atoms with Crippen molar-refractivity contribution in [2.75, 3.05) is 32.7 Å². The van der Waals surface area contributed by atoms with E-state index >= 15 is 0 Å². The fraction of sp³-hybridized carbons (Fsp3) is 0.333. The van der Waals surface area contributed by atoms with Crippen molar-refractivity contribution in [2.24, 2.45) is 0 Å². The Morgan fingerprint density at radius 1 is 0.900 bits per heavy atom. The second-order valence-corrected chi connectivity index (χ2v) is 7.17. The van der Waals surface area contributed by atoms with Crippen LogP contribution in [-0.2, 0) is 4.79 Å². The van der Waals surface area contributed by atoms with Gasteiger partial charge >= 0.3 is 0 Å². The molecule has 2 aliphatic rings. The molecule has 0 bridgehead atoms. The summed E-state index contributed by atoms with van der Waals surface area (Å²) >= 11 is 0. The molecule has 4 amide bonds. The zero-order chi connectivity index (χ0) is 21.1. The van der Waals surface area contributed by atoms with Gasteiger partial charge in [-0.05, 0) is 18.6 Å². The summed E-state index contributed by atoms with van der Waals surface area (Å²) in [5.41, 5.74) is 1.12. The highest BCUT2D eigenvalue weighted by Gasteiger charge is 2.34. The number of aromatic nitrogens is 2. The molecule has 9 nitrogen and oxygen atoms in total. The summed E-state index contributed by atoms with van der Waals surface area (Å²) < 4.78 is 0. The van der Waals surface area contributed by atoms with Gasteiger partial charge in [-0.25, -0.2) is 4.98 Å². The minimum atomic E-state index is -0.306. The number of piperazine rings is 1. The van der Waals surface area contributed by atoms with Gasteiger partial charge in [0, 0.05) is 51.5 Å². The molecule has 154 valence electrons. The predicted octanol–water partition coefficient (Wildman–Crippen LogP) is 0.837. The van der Waals surface area contributed by atoms with Crippen LogP contribution in [0.15, 0.2) is 42.9 Å². The molecule has 2 aromatic rings. The fourth-order valence-electron chi connectivity index (χ4n) is 3.72. The lowest BCUT2D eigenvalue weighted by atomic mass is 10.1. The molecule has 9 heteroatoms. The van der Waals surface area contributed by atoms with Gasteiger partial charge in [-0.3, -0.25) is 29.1 Å². The molecule has 30 heavy (non-hydrogen) atoms. The summed E-state index contributed by atoms with van der Waals surface area (Å²) in [4.78, 5) is 62.1. The van der Waals surface area contributed by atoms with Crippen LogP contribution in [0.25, 0.3) is 0 Å². The molecule has 0 spiro atoms. The van der Waals surface area contributed by atoms with Crippen LogP contribution in [-0.4, -0.2) is 81.0 Å². The van der Waals surface area contributed by atoms with E-state index in [2.05, 4.69) is 9.97 Å². The van der Waals surface area contributed by atoms with Gasteiger partial charge < -0.3 is 9.80 Å². The Bertz CT molecular complexity index is 951. The van der Waals surface area contributed by atoms with E-state index in [0.29, 0.717) is 49.4 Å². The smallest absolute Gasteiger partial charge is 0.274 e. The Balaban J connectivity index is 1.24. The predicted molar refractivity (Wildman–Crippen MR) is 106 cm³/mol. The molecule has 0 atom stereocenters. The summed E-state index contributed by atoms with van der Waals surface area (Å²) in [5.74, 6) is -0.850. The summed E-state index contributed by atoms with van der Waals surface area (Å²) in [6.07, 6.45) is 5.06. The van der Waals surface area contributed by atoms with Crippen molar-refractivity contribution >= 4 is 23.6 Å². The third-order valence-corrected chi connectivity index (χ3v) is 5.35. The molecule has 3 heterocycles. The summed E-state index contributed by atoms with van der Waals surface area (Å²) in [5, 5.41) is 0. The lowest BCUT2D eigenvalue weighted by Crippen LogP contribution is -2.50. The largest absolute Gasteiger partial charge is 0.339 e. The van der Waals surface area contributed by atoms with E-state index in [-0.39, 0.29) is 36.6 Å². The molecule has 1 aromatic heterocycles. The van der Waals surface area contributed by atoms with Gasteiger partial charge in [-0.1, -0.05) is 12.1 Å². The van der Waals surface area contributed by atoms with Gasteiger partial charge in [0.1, 0.15) is 5.69 Å². The number of fused-ring (bicyclic) bond motifs is 1. The normalized spacial score (nSPS) is 16.1. The monoisotopic (exact) mass is 407 g/mol. The third-order valence-electron chi connectivity index (χ3n) is 5.35. The van der Waals surface area contributed by atoms with Crippen molar-refractivity contribution in [1.82, 2.24) is 24.7 Å². The molecule has 1 aromatic carbocycles. The number of hydrogen-bond acceptors (Lipinski definition) is 6. The van der Waals surface area contributed by atoms with Crippen molar-refractivity contribution in [3.63, 3.8) is 0 Å². The Kier molecular flexibility index (Phi) is 5.51. The van der Waals surface area contributed by atoms with Crippen LogP contribution < -0.4 is 0 Å². The average Bonchev–Trinajstić information content (AvgIpc) is 3.04. The van der Waals surface area contributed by atoms with E-state index in [4.69, 9.17) is 0 Å². The van der Waals surface area contributed by atoms with Crippen molar-refractivity contribution < 1.29 is 19.2 Å². The van der Waals surface area contributed by atoms with Gasteiger partial charge in [-0.15, -0.1) is 0 Å². The lowest BCUT2D eigenvalue weighted by Gasteiger charge is -2.34. The minimum Gasteiger partial charge on any atom is -0.339 e. The van der Waals surface area contributed by atoms with Gasteiger partial charge in [0.15, 0.2) is 0 Å². The number of imide groups is 1.